The molecule has 4 heteroatoms. The quantitative estimate of drug-likeness (QED) is 0.849. The molecule has 18 heavy (non-hydrogen) atoms. The number of rotatable bonds is 1. The van der Waals surface area contributed by atoms with E-state index in [0.717, 1.165) is 18.5 Å². The summed E-state index contributed by atoms with van der Waals surface area (Å²) in [6.07, 6.45) is 0.990. The number of halogens is 1. The number of hydrogen-bond acceptors (Lipinski definition) is 2. The molecule has 1 aliphatic rings. The standard InChI is InChI=1S/C14H19ClN2O/c1-9-5-12(16)8-17(7-9)14(18)11-3-4-13(15)10(2)6-11/h3-4,6,9,12H,5,7-8,16H2,1-2H3. The van der Waals surface area contributed by atoms with Gasteiger partial charge in [0.15, 0.2) is 0 Å². The number of nitrogens with zero attached hydrogens (tertiary/aromatic N) is 1. The van der Waals surface area contributed by atoms with Crippen LogP contribution in [0.3, 0.4) is 0 Å². The SMILES string of the molecule is Cc1cc(C(=O)N2CC(C)CC(N)C2)ccc1Cl. The van der Waals surface area contributed by atoms with Gasteiger partial charge in [-0.1, -0.05) is 18.5 Å². The van der Waals surface area contributed by atoms with Crippen molar-refractivity contribution in [3.05, 3.63) is 34.3 Å². The van der Waals surface area contributed by atoms with Crippen LogP contribution in [0.5, 0.6) is 0 Å². The van der Waals surface area contributed by atoms with Gasteiger partial charge in [0.1, 0.15) is 0 Å². The summed E-state index contributed by atoms with van der Waals surface area (Å²) in [7, 11) is 0. The Morgan fingerprint density at radius 3 is 2.78 bits per heavy atom. The van der Waals surface area contributed by atoms with E-state index in [-0.39, 0.29) is 11.9 Å². The number of aryl methyl sites for hydroxylation is 1. The van der Waals surface area contributed by atoms with Gasteiger partial charge in [0.2, 0.25) is 0 Å². The summed E-state index contributed by atoms with van der Waals surface area (Å²) in [6, 6.07) is 5.49. The average Bonchev–Trinajstić information content (AvgIpc) is 2.30. The van der Waals surface area contributed by atoms with Crippen molar-refractivity contribution in [1.82, 2.24) is 4.90 Å². The van der Waals surface area contributed by atoms with E-state index in [9.17, 15) is 4.79 Å². The molecule has 1 aromatic carbocycles. The van der Waals surface area contributed by atoms with Crippen molar-refractivity contribution in [1.29, 1.82) is 0 Å². The summed E-state index contributed by atoms with van der Waals surface area (Å²) in [5, 5.41) is 0.690. The van der Waals surface area contributed by atoms with Crippen LogP contribution in [-0.2, 0) is 0 Å². The second kappa shape index (κ2) is 5.29. The molecule has 1 amide bonds. The lowest BCUT2D eigenvalue weighted by atomic mass is 9.96. The first-order chi connectivity index (χ1) is 8.47. The lowest BCUT2D eigenvalue weighted by Gasteiger charge is -2.34. The molecule has 1 aliphatic heterocycles. The lowest BCUT2D eigenvalue weighted by Crippen LogP contribution is -2.48. The largest absolute Gasteiger partial charge is 0.337 e. The summed E-state index contributed by atoms with van der Waals surface area (Å²) < 4.78 is 0. The molecule has 0 aliphatic carbocycles. The lowest BCUT2D eigenvalue weighted by molar-refractivity contribution is 0.0661. The molecule has 1 saturated heterocycles. The maximum absolute atomic E-state index is 12.4. The van der Waals surface area contributed by atoms with E-state index in [1.165, 1.54) is 0 Å². The zero-order valence-electron chi connectivity index (χ0n) is 10.8. The summed E-state index contributed by atoms with van der Waals surface area (Å²) in [5.74, 6) is 0.517. The van der Waals surface area contributed by atoms with Gasteiger partial charge in [-0.05, 0) is 43.0 Å². The number of benzene rings is 1. The van der Waals surface area contributed by atoms with Crippen molar-refractivity contribution in [2.45, 2.75) is 26.3 Å². The van der Waals surface area contributed by atoms with Crippen molar-refractivity contribution >= 4 is 17.5 Å². The minimum atomic E-state index is 0.0526. The van der Waals surface area contributed by atoms with Gasteiger partial charge in [0.05, 0.1) is 0 Å². The Kier molecular flexibility index (Phi) is 3.93. The summed E-state index contributed by atoms with van der Waals surface area (Å²) in [4.78, 5) is 14.2. The zero-order valence-corrected chi connectivity index (χ0v) is 11.6. The van der Waals surface area contributed by atoms with Crippen LogP contribution in [0.15, 0.2) is 18.2 Å². The van der Waals surface area contributed by atoms with E-state index in [1.54, 1.807) is 12.1 Å². The Bertz CT molecular complexity index is 451. The van der Waals surface area contributed by atoms with Gasteiger partial charge in [-0.3, -0.25) is 4.79 Å². The molecule has 2 rings (SSSR count). The van der Waals surface area contributed by atoms with E-state index in [1.807, 2.05) is 17.9 Å². The monoisotopic (exact) mass is 266 g/mol. The molecule has 0 aromatic heterocycles. The van der Waals surface area contributed by atoms with Gasteiger partial charge in [-0.15, -0.1) is 0 Å². The molecule has 2 N–H and O–H groups in total. The minimum absolute atomic E-state index is 0.0526. The van der Waals surface area contributed by atoms with Gasteiger partial charge in [-0.25, -0.2) is 0 Å². The first kappa shape index (κ1) is 13.4. The minimum Gasteiger partial charge on any atom is -0.337 e. The van der Waals surface area contributed by atoms with Crippen LogP contribution in [0.2, 0.25) is 5.02 Å². The summed E-state index contributed by atoms with van der Waals surface area (Å²) in [6.45, 7) is 5.47. The Morgan fingerprint density at radius 2 is 2.17 bits per heavy atom. The first-order valence-corrected chi connectivity index (χ1v) is 6.66. The number of likely N-dealkylation sites (tertiary alicyclic amines) is 1. The number of carbonyl (C=O) groups is 1. The van der Waals surface area contributed by atoms with E-state index in [2.05, 4.69) is 6.92 Å². The highest BCUT2D eigenvalue weighted by molar-refractivity contribution is 6.31. The Balaban J connectivity index is 2.17. The molecular formula is C14H19ClN2O. The maximum atomic E-state index is 12.4. The summed E-state index contributed by atoms with van der Waals surface area (Å²) in [5.41, 5.74) is 7.59. The second-order valence-electron chi connectivity index (χ2n) is 5.28. The van der Waals surface area contributed by atoms with Crippen molar-refractivity contribution in [2.24, 2.45) is 11.7 Å². The van der Waals surface area contributed by atoms with Crippen LogP contribution in [0.1, 0.15) is 29.3 Å². The predicted octanol–water partition coefficient (Wildman–Crippen LogP) is 2.46. The van der Waals surface area contributed by atoms with Crippen LogP contribution in [-0.4, -0.2) is 29.9 Å². The highest BCUT2D eigenvalue weighted by atomic mass is 35.5. The maximum Gasteiger partial charge on any atom is 0.253 e. The van der Waals surface area contributed by atoms with Gasteiger partial charge >= 0.3 is 0 Å². The molecule has 2 unspecified atom stereocenters. The molecule has 3 nitrogen and oxygen atoms in total. The van der Waals surface area contributed by atoms with Crippen molar-refractivity contribution in [2.75, 3.05) is 13.1 Å². The second-order valence-corrected chi connectivity index (χ2v) is 5.68. The van der Waals surface area contributed by atoms with Gasteiger partial charge in [-0.2, -0.15) is 0 Å². The molecule has 2 atom stereocenters. The third-order valence-corrected chi connectivity index (χ3v) is 3.81. The molecule has 0 radical (unpaired) electrons. The van der Waals surface area contributed by atoms with Gasteiger partial charge in [0.25, 0.3) is 5.91 Å². The number of amides is 1. The van der Waals surface area contributed by atoms with E-state index in [4.69, 9.17) is 17.3 Å². The van der Waals surface area contributed by atoms with E-state index >= 15 is 0 Å². The zero-order chi connectivity index (χ0) is 13.3. The third kappa shape index (κ3) is 2.85. The van der Waals surface area contributed by atoms with Crippen molar-refractivity contribution in [3.63, 3.8) is 0 Å². The Morgan fingerprint density at radius 1 is 1.44 bits per heavy atom. The number of nitrogens with two attached hydrogens (primary N) is 1. The van der Waals surface area contributed by atoms with E-state index < -0.39 is 0 Å². The molecular weight excluding hydrogens is 248 g/mol. The Labute approximate surface area is 113 Å². The highest BCUT2D eigenvalue weighted by Gasteiger charge is 2.26. The number of piperidine rings is 1. The highest BCUT2D eigenvalue weighted by Crippen LogP contribution is 2.20. The fourth-order valence-corrected chi connectivity index (χ4v) is 2.64. The third-order valence-electron chi connectivity index (χ3n) is 3.38. The van der Waals surface area contributed by atoms with Crippen LogP contribution in [0.4, 0.5) is 0 Å². The average molecular weight is 267 g/mol. The number of hydrogen-bond donors (Lipinski definition) is 1. The van der Waals surface area contributed by atoms with E-state index in [0.29, 0.717) is 23.0 Å². The molecule has 1 aromatic rings. The normalized spacial score (nSPS) is 24.1. The molecule has 1 heterocycles. The smallest absolute Gasteiger partial charge is 0.253 e. The van der Waals surface area contributed by atoms with Crippen LogP contribution in [0.25, 0.3) is 0 Å². The molecule has 0 spiro atoms. The van der Waals surface area contributed by atoms with Gasteiger partial charge in [0, 0.05) is 29.7 Å². The van der Waals surface area contributed by atoms with Gasteiger partial charge < -0.3 is 10.6 Å². The van der Waals surface area contributed by atoms with Crippen molar-refractivity contribution < 1.29 is 4.79 Å². The first-order valence-electron chi connectivity index (χ1n) is 6.28. The van der Waals surface area contributed by atoms with Crippen LogP contribution >= 0.6 is 11.6 Å². The molecule has 98 valence electrons. The topological polar surface area (TPSA) is 46.3 Å². The van der Waals surface area contributed by atoms with Crippen LogP contribution in [0, 0.1) is 12.8 Å². The summed E-state index contributed by atoms with van der Waals surface area (Å²) >= 11 is 5.97. The Hall–Kier alpha value is -1.06. The predicted molar refractivity (Wildman–Crippen MR) is 73.8 cm³/mol. The molecule has 0 saturated carbocycles. The fraction of sp³-hybridized carbons (Fsp3) is 0.500. The molecule has 1 fully saturated rings. The fourth-order valence-electron chi connectivity index (χ4n) is 2.53. The number of carbonyl (C=O) groups excluding carboxylic acids is 1. The van der Waals surface area contributed by atoms with Crippen molar-refractivity contribution in [3.8, 4) is 0 Å². The molecule has 0 bridgehead atoms. The van der Waals surface area contributed by atoms with Crippen LogP contribution < -0.4 is 5.73 Å².